The van der Waals surface area contributed by atoms with Gasteiger partial charge in [0.05, 0.1) is 6.61 Å². The maximum Gasteiger partial charge on any atom is 0.162 e. The molecule has 1 N–H and O–H groups in total. The van der Waals surface area contributed by atoms with E-state index in [0.29, 0.717) is 17.3 Å². The van der Waals surface area contributed by atoms with Crippen LogP contribution >= 0.6 is 0 Å². The molecule has 1 aromatic heterocycles. The highest BCUT2D eigenvalue weighted by atomic mass is 16.5. The van der Waals surface area contributed by atoms with Gasteiger partial charge in [0, 0.05) is 25.1 Å². The van der Waals surface area contributed by atoms with Crippen molar-refractivity contribution in [3.63, 3.8) is 0 Å². The molecule has 2 heterocycles. The summed E-state index contributed by atoms with van der Waals surface area (Å²) in [4.78, 5) is 8.62. The second-order valence-electron chi connectivity index (χ2n) is 4.24. The summed E-state index contributed by atoms with van der Waals surface area (Å²) in [6.07, 6.45) is 0.903. The molecule has 0 unspecified atom stereocenters. The fourth-order valence-electron chi connectivity index (χ4n) is 2.09. The van der Waals surface area contributed by atoms with E-state index in [2.05, 4.69) is 15.3 Å². The molecule has 94 valence electrons. The Morgan fingerprint density at radius 3 is 3.00 bits per heavy atom. The molecule has 0 bridgehead atoms. The monoisotopic (exact) mass is 252 g/mol. The van der Waals surface area contributed by atoms with Crippen molar-refractivity contribution in [2.24, 2.45) is 0 Å². The first-order chi connectivity index (χ1) is 9.30. The van der Waals surface area contributed by atoms with E-state index in [1.807, 2.05) is 24.3 Å². The molecule has 0 radical (unpaired) electrons. The maximum atomic E-state index is 9.00. The Morgan fingerprint density at radius 1 is 1.32 bits per heavy atom. The molecule has 0 saturated heterocycles. The number of hydrogen-bond acceptors (Lipinski definition) is 5. The highest BCUT2D eigenvalue weighted by molar-refractivity contribution is 5.62. The summed E-state index contributed by atoms with van der Waals surface area (Å²) in [5, 5.41) is 11.9. The van der Waals surface area contributed by atoms with Gasteiger partial charge in [-0.15, -0.1) is 0 Å². The zero-order valence-corrected chi connectivity index (χ0v) is 10.5. The number of rotatable bonds is 2. The molecule has 5 heteroatoms. The van der Waals surface area contributed by atoms with E-state index in [1.54, 1.807) is 13.1 Å². The van der Waals surface area contributed by atoms with Crippen LogP contribution in [0.25, 0.3) is 11.4 Å². The molecular weight excluding hydrogens is 240 g/mol. The minimum Gasteiger partial charge on any atom is -0.493 e. The summed E-state index contributed by atoms with van der Waals surface area (Å²) in [6, 6.07) is 9.55. The first-order valence-corrected chi connectivity index (χ1v) is 6.03. The molecule has 3 rings (SSSR count). The van der Waals surface area contributed by atoms with Crippen molar-refractivity contribution >= 4 is 5.82 Å². The van der Waals surface area contributed by atoms with E-state index in [4.69, 9.17) is 10.00 Å². The van der Waals surface area contributed by atoms with Gasteiger partial charge in [-0.05, 0) is 23.8 Å². The predicted molar refractivity (Wildman–Crippen MR) is 70.9 cm³/mol. The molecule has 5 nitrogen and oxygen atoms in total. The lowest BCUT2D eigenvalue weighted by molar-refractivity contribution is 0.357. The van der Waals surface area contributed by atoms with Gasteiger partial charge >= 0.3 is 0 Å². The van der Waals surface area contributed by atoms with Gasteiger partial charge in [0.15, 0.2) is 5.82 Å². The van der Waals surface area contributed by atoms with Crippen LogP contribution in [0.2, 0.25) is 0 Å². The Bertz CT molecular complexity index is 676. The number of benzene rings is 1. The van der Waals surface area contributed by atoms with Crippen molar-refractivity contribution in [1.29, 1.82) is 5.26 Å². The number of nitriles is 1. The molecule has 2 aromatic rings. The second kappa shape index (κ2) is 4.58. The van der Waals surface area contributed by atoms with Gasteiger partial charge in [0.25, 0.3) is 0 Å². The smallest absolute Gasteiger partial charge is 0.162 e. The topological polar surface area (TPSA) is 70.8 Å². The summed E-state index contributed by atoms with van der Waals surface area (Å²) >= 11 is 0. The molecule has 0 atom stereocenters. The van der Waals surface area contributed by atoms with Crippen LogP contribution < -0.4 is 10.1 Å². The van der Waals surface area contributed by atoms with Gasteiger partial charge < -0.3 is 10.1 Å². The van der Waals surface area contributed by atoms with Gasteiger partial charge in [0.1, 0.15) is 23.3 Å². The van der Waals surface area contributed by atoms with Crippen LogP contribution in [0.3, 0.4) is 0 Å². The third kappa shape index (κ3) is 2.08. The van der Waals surface area contributed by atoms with E-state index in [0.717, 1.165) is 29.9 Å². The highest BCUT2D eigenvalue weighted by Crippen LogP contribution is 2.29. The van der Waals surface area contributed by atoms with Crippen molar-refractivity contribution < 1.29 is 4.74 Å². The Balaban J connectivity index is 2.09. The fraction of sp³-hybridized carbons (Fsp3) is 0.214. The number of ether oxygens (including phenoxy) is 1. The standard InChI is InChI=1S/C14H12N4O/c1-16-13-7-11(8-15)17-14(18-13)10-2-3-12-9(6-10)4-5-19-12/h2-3,6-7H,4-5H2,1H3,(H,16,17,18). The Hall–Kier alpha value is -2.61. The number of nitrogens with zero attached hydrogens (tertiary/aromatic N) is 3. The molecule has 0 spiro atoms. The molecular formula is C14H12N4O. The summed E-state index contributed by atoms with van der Waals surface area (Å²) in [5.74, 6) is 2.12. The average Bonchev–Trinajstić information content (AvgIpc) is 2.94. The Morgan fingerprint density at radius 2 is 2.21 bits per heavy atom. The van der Waals surface area contributed by atoms with Gasteiger partial charge in [-0.2, -0.15) is 5.26 Å². The van der Waals surface area contributed by atoms with Crippen molar-refractivity contribution in [2.45, 2.75) is 6.42 Å². The van der Waals surface area contributed by atoms with E-state index < -0.39 is 0 Å². The van der Waals surface area contributed by atoms with Crippen LogP contribution in [-0.2, 0) is 6.42 Å². The lowest BCUT2D eigenvalue weighted by Gasteiger charge is -2.06. The van der Waals surface area contributed by atoms with E-state index in [1.165, 1.54) is 0 Å². The quantitative estimate of drug-likeness (QED) is 0.885. The summed E-state index contributed by atoms with van der Waals surface area (Å²) in [5.41, 5.74) is 2.42. The molecule has 0 amide bonds. The fourth-order valence-corrected chi connectivity index (χ4v) is 2.09. The Kier molecular flexibility index (Phi) is 2.76. The zero-order chi connectivity index (χ0) is 13.2. The van der Waals surface area contributed by atoms with Gasteiger partial charge in [-0.3, -0.25) is 0 Å². The van der Waals surface area contributed by atoms with Crippen LogP contribution in [0.15, 0.2) is 24.3 Å². The Labute approximate surface area is 110 Å². The van der Waals surface area contributed by atoms with Gasteiger partial charge in [-0.1, -0.05) is 0 Å². The molecule has 1 aliphatic heterocycles. The van der Waals surface area contributed by atoms with E-state index >= 15 is 0 Å². The lowest BCUT2D eigenvalue weighted by atomic mass is 10.1. The predicted octanol–water partition coefficient (Wildman–Crippen LogP) is 1.99. The van der Waals surface area contributed by atoms with Crippen molar-refractivity contribution in [1.82, 2.24) is 9.97 Å². The minimum atomic E-state index is 0.353. The molecule has 19 heavy (non-hydrogen) atoms. The SMILES string of the molecule is CNc1cc(C#N)nc(-c2ccc3c(c2)CCO3)n1. The molecule has 1 aromatic carbocycles. The number of nitrogens with one attached hydrogen (secondary N) is 1. The molecule has 0 aliphatic carbocycles. The normalized spacial score (nSPS) is 12.4. The molecule has 0 saturated carbocycles. The summed E-state index contributed by atoms with van der Waals surface area (Å²) < 4.78 is 5.47. The summed E-state index contributed by atoms with van der Waals surface area (Å²) in [7, 11) is 1.77. The first-order valence-electron chi connectivity index (χ1n) is 6.03. The number of anilines is 1. The van der Waals surface area contributed by atoms with Gasteiger partial charge in [-0.25, -0.2) is 9.97 Å². The first kappa shape index (κ1) is 11.5. The van der Waals surface area contributed by atoms with Crippen LogP contribution in [0.4, 0.5) is 5.82 Å². The van der Waals surface area contributed by atoms with Gasteiger partial charge in [0.2, 0.25) is 0 Å². The van der Waals surface area contributed by atoms with Crippen molar-refractivity contribution in [3.8, 4) is 23.2 Å². The average molecular weight is 252 g/mol. The largest absolute Gasteiger partial charge is 0.493 e. The van der Waals surface area contributed by atoms with E-state index in [9.17, 15) is 0 Å². The van der Waals surface area contributed by atoms with E-state index in [-0.39, 0.29) is 0 Å². The third-order valence-electron chi connectivity index (χ3n) is 3.04. The van der Waals surface area contributed by atoms with Crippen LogP contribution in [-0.4, -0.2) is 23.6 Å². The zero-order valence-electron chi connectivity index (χ0n) is 10.5. The molecule has 1 aliphatic rings. The highest BCUT2D eigenvalue weighted by Gasteiger charge is 2.14. The number of fused-ring (bicyclic) bond motifs is 1. The minimum absolute atomic E-state index is 0.353. The van der Waals surface area contributed by atoms with Crippen LogP contribution in [0, 0.1) is 11.3 Å². The maximum absolute atomic E-state index is 9.00. The number of hydrogen-bond donors (Lipinski definition) is 1. The number of aromatic nitrogens is 2. The second-order valence-corrected chi connectivity index (χ2v) is 4.24. The van der Waals surface area contributed by atoms with Crippen LogP contribution in [0.1, 0.15) is 11.3 Å². The lowest BCUT2D eigenvalue weighted by Crippen LogP contribution is -1.99. The van der Waals surface area contributed by atoms with Crippen molar-refractivity contribution in [2.75, 3.05) is 19.0 Å². The van der Waals surface area contributed by atoms with Crippen LogP contribution in [0.5, 0.6) is 5.75 Å². The van der Waals surface area contributed by atoms with Crippen molar-refractivity contribution in [3.05, 3.63) is 35.5 Å². The third-order valence-corrected chi connectivity index (χ3v) is 3.04. The summed E-state index contributed by atoms with van der Waals surface area (Å²) in [6.45, 7) is 0.722. The molecule has 0 fully saturated rings.